The molecule has 1 N–H and O–H groups in total. The summed E-state index contributed by atoms with van der Waals surface area (Å²) in [6, 6.07) is 6.57. The lowest BCUT2D eigenvalue weighted by atomic mass is 9.91. The van der Waals surface area contributed by atoms with Gasteiger partial charge < -0.3 is 33.7 Å². The average molecular weight is 589 g/mol. The molecule has 12 heteroatoms. The van der Waals surface area contributed by atoms with Crippen LogP contribution in [0.1, 0.15) is 55.6 Å². The number of amides is 1. The van der Waals surface area contributed by atoms with E-state index in [0.29, 0.717) is 6.42 Å². The van der Waals surface area contributed by atoms with Gasteiger partial charge in [-0.1, -0.05) is 25.0 Å². The Balaban J connectivity index is 1.51. The maximum atomic E-state index is 13.5. The van der Waals surface area contributed by atoms with Gasteiger partial charge in [-0.15, -0.1) is 0 Å². The minimum absolute atomic E-state index is 0.0488. The van der Waals surface area contributed by atoms with Crippen molar-refractivity contribution in [2.24, 2.45) is 5.92 Å². The maximum absolute atomic E-state index is 13.5. The quantitative estimate of drug-likeness (QED) is 0.326. The van der Waals surface area contributed by atoms with E-state index >= 15 is 0 Å². The van der Waals surface area contributed by atoms with Crippen molar-refractivity contribution in [3.63, 3.8) is 0 Å². The van der Waals surface area contributed by atoms with E-state index in [2.05, 4.69) is 10.3 Å². The Hall–Kier alpha value is -3.77. The number of halogens is 1. The fourth-order valence-corrected chi connectivity index (χ4v) is 5.17. The normalized spacial score (nSPS) is 23.2. The molecule has 1 aliphatic heterocycles. The molecule has 1 saturated heterocycles. The predicted octanol–water partition coefficient (Wildman–Crippen LogP) is 3.38. The molecule has 0 spiro atoms. The van der Waals surface area contributed by atoms with E-state index in [1.54, 1.807) is 19.1 Å². The molecule has 228 valence electrons. The number of nitrogens with one attached hydrogen (secondary N) is 1. The highest BCUT2D eigenvalue weighted by atomic mass is 19.1. The topological polar surface area (TPSA) is 132 Å². The summed E-state index contributed by atoms with van der Waals surface area (Å²) >= 11 is 0. The number of hydrogen-bond acceptors (Lipinski definition) is 10. The van der Waals surface area contributed by atoms with Crippen LogP contribution in [0.25, 0.3) is 0 Å². The Morgan fingerprint density at radius 1 is 1.12 bits per heavy atom. The van der Waals surface area contributed by atoms with Crippen molar-refractivity contribution in [3.05, 3.63) is 53.6 Å². The smallest absolute Gasteiger partial charge is 0.331 e. The Morgan fingerprint density at radius 2 is 1.86 bits per heavy atom. The lowest BCUT2D eigenvalue weighted by Crippen LogP contribution is -2.47. The molecule has 2 aliphatic rings. The summed E-state index contributed by atoms with van der Waals surface area (Å²) in [7, 11) is 1.38. The molecule has 1 aliphatic carbocycles. The number of nitrogens with zero attached hydrogens (tertiary/aromatic N) is 1. The zero-order valence-corrected chi connectivity index (χ0v) is 24.0. The predicted molar refractivity (Wildman–Crippen MR) is 146 cm³/mol. The molecule has 1 saturated carbocycles. The summed E-state index contributed by atoms with van der Waals surface area (Å²) in [6.45, 7) is 2.57. The fourth-order valence-electron chi connectivity index (χ4n) is 5.17. The first-order valence-corrected chi connectivity index (χ1v) is 14.0. The van der Waals surface area contributed by atoms with Crippen LogP contribution in [0.15, 0.2) is 36.5 Å². The van der Waals surface area contributed by atoms with Crippen LogP contribution in [0.2, 0.25) is 0 Å². The van der Waals surface area contributed by atoms with Crippen molar-refractivity contribution in [1.29, 1.82) is 0 Å². The van der Waals surface area contributed by atoms with Crippen molar-refractivity contribution < 1.29 is 47.2 Å². The van der Waals surface area contributed by atoms with Crippen LogP contribution in [-0.4, -0.2) is 74.3 Å². The molecule has 1 aromatic carbocycles. The van der Waals surface area contributed by atoms with Crippen LogP contribution < -0.4 is 14.8 Å². The van der Waals surface area contributed by atoms with Crippen LogP contribution in [0.4, 0.5) is 4.39 Å². The molecule has 2 aromatic rings. The van der Waals surface area contributed by atoms with Gasteiger partial charge in [0.1, 0.15) is 11.9 Å². The third kappa shape index (κ3) is 8.39. The number of aromatic nitrogens is 1. The lowest BCUT2D eigenvalue weighted by molar-refractivity contribution is -0.164. The third-order valence-corrected chi connectivity index (χ3v) is 7.27. The number of carbonyl (C=O) groups excluding carboxylic acids is 3. The number of benzene rings is 1. The van der Waals surface area contributed by atoms with Gasteiger partial charge in [0.15, 0.2) is 23.2 Å². The molecule has 1 aromatic heterocycles. The molecule has 0 bridgehead atoms. The fraction of sp³-hybridized carbons (Fsp3) is 0.533. The molecule has 0 unspecified atom stereocenters. The van der Waals surface area contributed by atoms with Gasteiger partial charge in [-0.05, 0) is 43.9 Å². The van der Waals surface area contributed by atoms with Crippen molar-refractivity contribution >= 4 is 17.8 Å². The van der Waals surface area contributed by atoms with E-state index in [-0.39, 0.29) is 48.2 Å². The highest BCUT2D eigenvalue weighted by Crippen LogP contribution is 2.31. The second-order valence-corrected chi connectivity index (χ2v) is 10.4. The monoisotopic (exact) mass is 588 g/mol. The van der Waals surface area contributed by atoms with Gasteiger partial charge >= 0.3 is 11.9 Å². The van der Waals surface area contributed by atoms with Gasteiger partial charge in [0.2, 0.25) is 6.79 Å². The second-order valence-electron chi connectivity index (χ2n) is 10.4. The molecular formula is C30H37FN2O9. The van der Waals surface area contributed by atoms with Crippen molar-refractivity contribution in [3.8, 4) is 11.5 Å². The van der Waals surface area contributed by atoms with Gasteiger partial charge in [0.25, 0.3) is 5.91 Å². The SMILES string of the molecule is COc1ccnc(C(=O)N[C@H]2COC[C@H](Cc3ccc(F)cc3)[C@@H](OC3CCCC3)[C@H](C)OC2=O)c1OCOC(C)=O. The molecule has 0 radical (unpaired) electrons. The van der Waals surface area contributed by atoms with Gasteiger partial charge in [-0.3, -0.25) is 9.59 Å². The van der Waals surface area contributed by atoms with Crippen LogP contribution in [0.3, 0.4) is 0 Å². The largest absolute Gasteiger partial charge is 0.493 e. The van der Waals surface area contributed by atoms with Gasteiger partial charge in [-0.2, -0.15) is 0 Å². The molecule has 4 rings (SSSR count). The van der Waals surface area contributed by atoms with Crippen molar-refractivity contribution in [2.75, 3.05) is 27.1 Å². The van der Waals surface area contributed by atoms with E-state index in [1.165, 1.54) is 38.4 Å². The summed E-state index contributed by atoms with van der Waals surface area (Å²) in [5.74, 6) is -2.41. The van der Waals surface area contributed by atoms with Crippen LogP contribution in [0.5, 0.6) is 11.5 Å². The van der Waals surface area contributed by atoms with Crippen molar-refractivity contribution in [2.45, 2.75) is 70.3 Å². The summed E-state index contributed by atoms with van der Waals surface area (Å²) in [4.78, 5) is 41.8. The first-order valence-electron chi connectivity index (χ1n) is 14.0. The van der Waals surface area contributed by atoms with E-state index in [1.807, 2.05) is 0 Å². The van der Waals surface area contributed by atoms with E-state index < -0.39 is 42.9 Å². The van der Waals surface area contributed by atoms with E-state index in [4.69, 9.17) is 28.4 Å². The van der Waals surface area contributed by atoms with Crippen LogP contribution in [-0.2, 0) is 35.0 Å². The number of esters is 2. The number of rotatable bonds is 10. The van der Waals surface area contributed by atoms with E-state index in [9.17, 15) is 18.8 Å². The summed E-state index contributed by atoms with van der Waals surface area (Å²) in [5.41, 5.74) is 0.719. The number of methoxy groups -OCH3 is 1. The minimum atomic E-state index is -1.16. The third-order valence-electron chi connectivity index (χ3n) is 7.27. The first-order chi connectivity index (χ1) is 20.2. The number of pyridine rings is 1. The van der Waals surface area contributed by atoms with E-state index in [0.717, 1.165) is 31.2 Å². The molecular weight excluding hydrogens is 551 g/mol. The Kier molecular flexibility index (Phi) is 11.1. The highest BCUT2D eigenvalue weighted by Gasteiger charge is 2.38. The Labute approximate surface area is 244 Å². The Bertz CT molecular complexity index is 1220. The van der Waals surface area contributed by atoms with Gasteiger partial charge in [-0.25, -0.2) is 14.2 Å². The van der Waals surface area contributed by atoms with Crippen molar-refractivity contribution in [1.82, 2.24) is 10.3 Å². The average Bonchev–Trinajstić information content (AvgIpc) is 3.49. The van der Waals surface area contributed by atoms with Crippen LogP contribution >= 0.6 is 0 Å². The molecule has 42 heavy (non-hydrogen) atoms. The summed E-state index contributed by atoms with van der Waals surface area (Å²) in [6.07, 6.45) is 4.79. The zero-order chi connectivity index (χ0) is 30.1. The lowest BCUT2D eigenvalue weighted by Gasteiger charge is -2.33. The summed E-state index contributed by atoms with van der Waals surface area (Å²) < 4.78 is 47.4. The minimum Gasteiger partial charge on any atom is -0.493 e. The second kappa shape index (κ2) is 14.9. The molecule has 4 atom stereocenters. The molecule has 11 nitrogen and oxygen atoms in total. The van der Waals surface area contributed by atoms with Crippen LogP contribution in [0, 0.1) is 11.7 Å². The number of ether oxygens (including phenoxy) is 6. The molecule has 1 amide bonds. The van der Waals surface area contributed by atoms with Gasteiger partial charge in [0, 0.05) is 25.1 Å². The highest BCUT2D eigenvalue weighted by molar-refractivity contribution is 5.98. The maximum Gasteiger partial charge on any atom is 0.331 e. The summed E-state index contributed by atoms with van der Waals surface area (Å²) in [5, 5.41) is 2.62. The molecule has 2 heterocycles. The molecule has 2 fully saturated rings. The van der Waals surface area contributed by atoms with Gasteiger partial charge in [0.05, 0.1) is 32.5 Å². The number of cyclic esters (lactones) is 1. The first kappa shape index (κ1) is 31.2. The standard InChI is InChI=1S/C30H37FN2O9/c1-18-27(42-23-6-4-5-7-23)21(14-20-8-10-22(31)11-9-20)15-38-16-24(30(36)41-18)33-29(35)26-28(40-17-39-19(2)34)25(37-3)12-13-32-26/h8-13,18,21,23-24,27H,4-7,14-17H2,1-3H3,(H,33,35)/t18-,21-,24-,27-/m0/s1. The number of hydrogen-bond donors (Lipinski definition) is 1. The zero-order valence-electron chi connectivity index (χ0n) is 24.0. The number of carbonyl (C=O) groups is 3. The Morgan fingerprint density at radius 3 is 2.55 bits per heavy atom.